The fraction of sp³-hybridized carbons (Fsp3) is 0.200. The lowest BCUT2D eigenvalue weighted by Gasteiger charge is -2.07. The third-order valence-electron chi connectivity index (χ3n) is 3.19. The van der Waals surface area contributed by atoms with E-state index < -0.39 is 23.1 Å². The molecule has 1 aromatic carbocycles. The lowest BCUT2D eigenvalue weighted by molar-refractivity contribution is -0.138. The highest BCUT2D eigenvalue weighted by molar-refractivity contribution is 5.84. The van der Waals surface area contributed by atoms with Crippen LogP contribution in [0, 0.1) is 0 Å². The first-order chi connectivity index (χ1) is 11.3. The Balaban J connectivity index is 2.27. The molecule has 9 heteroatoms. The number of nitrogens with one attached hydrogen (secondary N) is 1. The summed E-state index contributed by atoms with van der Waals surface area (Å²) in [7, 11) is 2.67. The van der Waals surface area contributed by atoms with E-state index in [2.05, 4.69) is 15.3 Å². The van der Waals surface area contributed by atoms with Crippen molar-refractivity contribution in [3.8, 4) is 5.88 Å². The van der Waals surface area contributed by atoms with Gasteiger partial charge >= 0.3 is 11.7 Å². The number of aromatic hydroxyl groups is 1. The topological polar surface area (TPSA) is 115 Å². The van der Waals surface area contributed by atoms with E-state index in [1.807, 2.05) is 0 Å². The maximum absolute atomic E-state index is 12.0. The third kappa shape index (κ3) is 3.51. The zero-order chi connectivity index (χ0) is 17.9. The van der Waals surface area contributed by atoms with E-state index in [-0.39, 0.29) is 5.56 Å². The highest BCUT2D eigenvalue weighted by Gasteiger charge is 2.12. The number of nitrogens with zero attached hydrogens (tertiary/aromatic N) is 3. The first-order valence-corrected chi connectivity index (χ1v) is 6.87. The minimum Gasteiger partial charge on any atom is -0.494 e. The number of aliphatic imine (C=N–C) groups is 1. The zero-order valence-electron chi connectivity index (χ0n) is 13.3. The first kappa shape index (κ1) is 17.0. The van der Waals surface area contributed by atoms with Gasteiger partial charge in [0.25, 0.3) is 5.56 Å². The summed E-state index contributed by atoms with van der Waals surface area (Å²) in [5.74, 6) is -0.932. The van der Waals surface area contributed by atoms with E-state index in [4.69, 9.17) is 0 Å². The molecule has 2 aromatic rings. The Bertz CT molecular complexity index is 909. The molecule has 2 rings (SSSR count). The largest absolute Gasteiger partial charge is 0.494 e. The molecule has 0 saturated heterocycles. The van der Waals surface area contributed by atoms with Crippen LogP contribution in [0.15, 0.2) is 38.8 Å². The van der Waals surface area contributed by atoms with Gasteiger partial charge in [-0.3, -0.25) is 23.7 Å². The Labute approximate surface area is 136 Å². The molecule has 0 unspecified atom stereocenters. The predicted molar refractivity (Wildman–Crippen MR) is 87.7 cm³/mol. The summed E-state index contributed by atoms with van der Waals surface area (Å²) >= 11 is 0. The van der Waals surface area contributed by atoms with Crippen LogP contribution in [-0.4, -0.2) is 26.4 Å². The number of aromatic nitrogens is 2. The van der Waals surface area contributed by atoms with Crippen molar-refractivity contribution in [3.63, 3.8) is 0 Å². The third-order valence-corrected chi connectivity index (χ3v) is 3.19. The summed E-state index contributed by atoms with van der Waals surface area (Å²) in [5, 5.41) is 9.93. The molecule has 126 valence electrons. The number of anilines is 1. The molecule has 0 radical (unpaired) electrons. The van der Waals surface area contributed by atoms with Crippen molar-refractivity contribution >= 4 is 23.6 Å². The SMILES string of the molecule is CC(=O)ONc1ccc(N=Cc2c(O)n(C)c(=O)n(C)c2=O)cc1. The van der Waals surface area contributed by atoms with Crippen LogP contribution in [0.1, 0.15) is 12.5 Å². The molecule has 0 saturated carbocycles. The second-order valence-electron chi connectivity index (χ2n) is 4.94. The van der Waals surface area contributed by atoms with Gasteiger partial charge in [0, 0.05) is 27.2 Å². The molecular formula is C15H16N4O5. The highest BCUT2D eigenvalue weighted by atomic mass is 16.7. The van der Waals surface area contributed by atoms with Gasteiger partial charge in [0.2, 0.25) is 5.88 Å². The molecule has 0 atom stereocenters. The number of rotatable bonds is 4. The normalized spacial score (nSPS) is 10.8. The number of hydrogen-bond donors (Lipinski definition) is 2. The molecule has 0 amide bonds. The van der Waals surface area contributed by atoms with Gasteiger partial charge in [-0.25, -0.2) is 10.3 Å². The standard InChI is InChI=1S/C15H16N4O5/c1-9(20)24-17-11-6-4-10(5-7-11)16-8-12-13(21)18(2)15(23)19(3)14(12)22/h4-8,17,21H,1-3H3. The monoisotopic (exact) mass is 332 g/mol. The molecule has 0 aliphatic carbocycles. The molecule has 0 fully saturated rings. The van der Waals surface area contributed by atoms with Crippen LogP contribution >= 0.6 is 0 Å². The van der Waals surface area contributed by atoms with Crippen molar-refractivity contribution in [3.05, 3.63) is 50.7 Å². The van der Waals surface area contributed by atoms with Gasteiger partial charge in [0.05, 0.1) is 11.4 Å². The van der Waals surface area contributed by atoms with Crippen molar-refractivity contribution in [1.29, 1.82) is 0 Å². The van der Waals surface area contributed by atoms with Crippen LogP contribution in [0.5, 0.6) is 5.88 Å². The van der Waals surface area contributed by atoms with Gasteiger partial charge in [0.1, 0.15) is 5.56 Å². The van der Waals surface area contributed by atoms with E-state index in [9.17, 15) is 19.5 Å². The molecule has 0 aliphatic heterocycles. The number of carbonyl (C=O) groups excluding carboxylic acids is 1. The van der Waals surface area contributed by atoms with Crippen molar-refractivity contribution in [2.45, 2.75) is 6.92 Å². The van der Waals surface area contributed by atoms with E-state index in [0.29, 0.717) is 11.4 Å². The van der Waals surface area contributed by atoms with Crippen molar-refractivity contribution in [2.24, 2.45) is 19.1 Å². The summed E-state index contributed by atoms with van der Waals surface area (Å²) in [6, 6.07) is 6.47. The highest BCUT2D eigenvalue weighted by Crippen LogP contribution is 2.17. The van der Waals surface area contributed by atoms with Crippen LogP contribution in [-0.2, 0) is 23.7 Å². The predicted octanol–water partition coefficient (Wildman–Crippen LogP) is 0.430. The average molecular weight is 332 g/mol. The van der Waals surface area contributed by atoms with Crippen LogP contribution < -0.4 is 16.7 Å². The number of benzene rings is 1. The van der Waals surface area contributed by atoms with Gasteiger partial charge in [-0.05, 0) is 24.3 Å². The minimum atomic E-state index is -0.646. The Morgan fingerprint density at radius 2 is 1.83 bits per heavy atom. The van der Waals surface area contributed by atoms with Gasteiger partial charge < -0.3 is 9.94 Å². The van der Waals surface area contributed by atoms with Crippen molar-refractivity contribution < 1.29 is 14.7 Å². The molecule has 0 spiro atoms. The molecule has 9 nitrogen and oxygen atoms in total. The smallest absolute Gasteiger partial charge is 0.333 e. The van der Waals surface area contributed by atoms with E-state index >= 15 is 0 Å². The molecule has 2 N–H and O–H groups in total. The molecule has 0 aliphatic rings. The summed E-state index contributed by atoms with van der Waals surface area (Å²) in [5.41, 5.74) is 2.13. The molecular weight excluding hydrogens is 316 g/mol. The fourth-order valence-electron chi connectivity index (χ4n) is 1.86. The number of hydrogen-bond acceptors (Lipinski definition) is 7. The maximum atomic E-state index is 12.0. The second kappa shape index (κ2) is 6.82. The Morgan fingerprint density at radius 3 is 2.42 bits per heavy atom. The Morgan fingerprint density at radius 1 is 1.21 bits per heavy atom. The molecule has 24 heavy (non-hydrogen) atoms. The molecule has 1 aromatic heterocycles. The van der Waals surface area contributed by atoms with E-state index in [1.54, 1.807) is 24.3 Å². The second-order valence-corrected chi connectivity index (χ2v) is 4.94. The lowest BCUT2D eigenvalue weighted by Crippen LogP contribution is -2.38. The quantitative estimate of drug-likeness (QED) is 0.620. The van der Waals surface area contributed by atoms with Gasteiger partial charge in [-0.2, -0.15) is 0 Å². The number of carbonyl (C=O) groups is 1. The summed E-state index contributed by atoms with van der Waals surface area (Å²) in [6.45, 7) is 1.27. The minimum absolute atomic E-state index is 0.0956. The van der Waals surface area contributed by atoms with Crippen LogP contribution in [0.3, 0.4) is 0 Å². The molecule has 1 heterocycles. The fourth-order valence-corrected chi connectivity index (χ4v) is 1.86. The van der Waals surface area contributed by atoms with Crippen LogP contribution in [0.4, 0.5) is 11.4 Å². The van der Waals surface area contributed by atoms with Gasteiger partial charge in [-0.15, -0.1) is 0 Å². The lowest BCUT2D eigenvalue weighted by atomic mass is 10.3. The van der Waals surface area contributed by atoms with Gasteiger partial charge in [-0.1, -0.05) is 0 Å². The zero-order valence-corrected chi connectivity index (χ0v) is 13.3. The van der Waals surface area contributed by atoms with Crippen molar-refractivity contribution in [1.82, 2.24) is 9.13 Å². The van der Waals surface area contributed by atoms with E-state index in [1.165, 1.54) is 27.2 Å². The molecule has 0 bridgehead atoms. The van der Waals surface area contributed by atoms with Gasteiger partial charge in [0.15, 0.2) is 0 Å². The first-order valence-electron chi connectivity index (χ1n) is 6.87. The van der Waals surface area contributed by atoms with Crippen LogP contribution in [0.2, 0.25) is 0 Å². The summed E-state index contributed by atoms with van der Waals surface area (Å²) in [6.07, 6.45) is 1.19. The Kier molecular flexibility index (Phi) is 4.83. The van der Waals surface area contributed by atoms with Crippen molar-refractivity contribution in [2.75, 3.05) is 5.48 Å². The summed E-state index contributed by atoms with van der Waals surface area (Å²) < 4.78 is 1.84. The summed E-state index contributed by atoms with van der Waals surface area (Å²) in [4.78, 5) is 43.1. The maximum Gasteiger partial charge on any atom is 0.333 e. The average Bonchev–Trinajstić information content (AvgIpc) is 2.57. The van der Waals surface area contributed by atoms with Crippen LogP contribution in [0.25, 0.3) is 0 Å². The van der Waals surface area contributed by atoms with E-state index in [0.717, 1.165) is 9.13 Å². The Hall–Kier alpha value is -3.36.